The summed E-state index contributed by atoms with van der Waals surface area (Å²) in [4.78, 5) is 28.8. The standard InChI is InChI=1S/C27H48N2O3S/c1-6-9-11-13-15-16-18-22-23(19-17-14-12-10-7-2)33-26(25(22)27(31)32-8-3)28-24(30)20-21-29(4)5/h6-21H2,1-5H3,(H,28,30). The third-order valence-corrected chi connectivity index (χ3v) is 7.10. The maximum atomic E-state index is 13.0. The third-order valence-electron chi connectivity index (χ3n) is 5.90. The summed E-state index contributed by atoms with van der Waals surface area (Å²) in [5.74, 6) is -0.342. The van der Waals surface area contributed by atoms with Gasteiger partial charge in [-0.05, 0) is 52.3 Å². The summed E-state index contributed by atoms with van der Waals surface area (Å²) in [5, 5.41) is 3.73. The lowest BCUT2D eigenvalue weighted by Crippen LogP contribution is -2.21. The molecule has 6 heteroatoms. The lowest BCUT2D eigenvalue weighted by Gasteiger charge is -2.11. The molecule has 0 aliphatic rings. The largest absolute Gasteiger partial charge is 0.462 e. The predicted molar refractivity (Wildman–Crippen MR) is 142 cm³/mol. The van der Waals surface area contributed by atoms with Gasteiger partial charge >= 0.3 is 5.97 Å². The van der Waals surface area contributed by atoms with Crippen molar-refractivity contribution in [2.75, 3.05) is 32.6 Å². The van der Waals surface area contributed by atoms with Gasteiger partial charge in [-0.25, -0.2) is 4.79 Å². The predicted octanol–water partition coefficient (Wildman–Crippen LogP) is 7.23. The van der Waals surface area contributed by atoms with Crippen LogP contribution in [0.1, 0.15) is 119 Å². The van der Waals surface area contributed by atoms with E-state index in [1.807, 2.05) is 25.9 Å². The zero-order chi connectivity index (χ0) is 24.5. The quantitative estimate of drug-likeness (QED) is 0.168. The van der Waals surface area contributed by atoms with E-state index in [1.54, 1.807) is 11.3 Å². The average molecular weight is 481 g/mol. The molecule has 0 aromatic carbocycles. The highest BCUT2D eigenvalue weighted by Gasteiger charge is 2.25. The number of hydrogen-bond donors (Lipinski definition) is 1. The summed E-state index contributed by atoms with van der Waals surface area (Å²) in [6.45, 7) is 7.32. The second kappa shape index (κ2) is 18.0. The van der Waals surface area contributed by atoms with Crippen LogP contribution in [0.15, 0.2) is 0 Å². The van der Waals surface area contributed by atoms with E-state index in [1.165, 1.54) is 62.7 Å². The van der Waals surface area contributed by atoms with E-state index in [0.29, 0.717) is 30.1 Å². The molecule has 1 amide bonds. The van der Waals surface area contributed by atoms with E-state index in [9.17, 15) is 9.59 Å². The molecule has 0 saturated carbocycles. The first-order chi connectivity index (χ1) is 15.9. The molecule has 0 aliphatic carbocycles. The number of anilines is 1. The first-order valence-electron chi connectivity index (χ1n) is 13.2. The van der Waals surface area contributed by atoms with Gasteiger partial charge in [-0.3, -0.25) is 4.79 Å². The van der Waals surface area contributed by atoms with Gasteiger partial charge in [0.05, 0.1) is 12.2 Å². The minimum atomic E-state index is -0.296. The lowest BCUT2D eigenvalue weighted by molar-refractivity contribution is -0.116. The Labute approximate surface area is 206 Å². The van der Waals surface area contributed by atoms with Crippen LogP contribution in [0, 0.1) is 0 Å². The highest BCUT2D eigenvalue weighted by molar-refractivity contribution is 7.17. The molecule has 0 spiro atoms. The molecule has 0 aliphatic heterocycles. The fourth-order valence-corrected chi connectivity index (χ4v) is 5.26. The second-order valence-corrected chi connectivity index (χ2v) is 10.3. The maximum absolute atomic E-state index is 13.0. The number of nitrogens with one attached hydrogen (secondary N) is 1. The SMILES string of the molecule is CCCCCCCCc1c(CCCCCCC)sc(NC(=O)CCN(C)C)c1C(=O)OCC. The van der Waals surface area contributed by atoms with Gasteiger partial charge < -0.3 is 15.0 Å². The minimum absolute atomic E-state index is 0.0453. The Kier molecular flexibility index (Phi) is 16.2. The molecule has 33 heavy (non-hydrogen) atoms. The molecule has 1 heterocycles. The summed E-state index contributed by atoms with van der Waals surface area (Å²) in [7, 11) is 3.91. The van der Waals surface area contributed by atoms with Crippen LogP contribution >= 0.6 is 11.3 Å². The Bertz CT molecular complexity index is 685. The third kappa shape index (κ3) is 12.0. The molecular weight excluding hydrogens is 432 g/mol. The smallest absolute Gasteiger partial charge is 0.341 e. The Morgan fingerprint density at radius 2 is 1.42 bits per heavy atom. The number of hydrogen-bond acceptors (Lipinski definition) is 5. The van der Waals surface area contributed by atoms with Crippen molar-refractivity contribution in [3.05, 3.63) is 16.0 Å². The molecular formula is C27H48N2O3S. The van der Waals surface area contributed by atoms with Crippen LogP contribution < -0.4 is 5.32 Å². The first-order valence-corrected chi connectivity index (χ1v) is 14.0. The van der Waals surface area contributed by atoms with Crippen molar-refractivity contribution in [3.63, 3.8) is 0 Å². The van der Waals surface area contributed by atoms with Crippen LogP contribution in [-0.4, -0.2) is 44.0 Å². The van der Waals surface area contributed by atoms with Crippen molar-refractivity contribution < 1.29 is 14.3 Å². The van der Waals surface area contributed by atoms with Crippen molar-refractivity contribution >= 4 is 28.2 Å². The van der Waals surface area contributed by atoms with Gasteiger partial charge in [-0.1, -0.05) is 71.6 Å². The Morgan fingerprint density at radius 3 is 2.00 bits per heavy atom. The van der Waals surface area contributed by atoms with Crippen LogP contribution in [0.5, 0.6) is 0 Å². The van der Waals surface area contributed by atoms with Gasteiger partial charge in [0, 0.05) is 17.8 Å². The van der Waals surface area contributed by atoms with Gasteiger partial charge in [0.2, 0.25) is 5.91 Å². The number of rotatable bonds is 19. The van der Waals surface area contributed by atoms with Crippen LogP contribution in [0.4, 0.5) is 5.00 Å². The van der Waals surface area contributed by atoms with E-state index in [-0.39, 0.29) is 11.9 Å². The number of unbranched alkanes of at least 4 members (excludes halogenated alkanes) is 9. The molecule has 0 unspecified atom stereocenters. The van der Waals surface area contributed by atoms with E-state index >= 15 is 0 Å². The summed E-state index contributed by atoms with van der Waals surface area (Å²) < 4.78 is 5.43. The number of carbonyl (C=O) groups excluding carboxylic acids is 2. The van der Waals surface area contributed by atoms with Gasteiger partial charge in [0.25, 0.3) is 0 Å². The second-order valence-electron chi connectivity index (χ2n) is 9.21. The minimum Gasteiger partial charge on any atom is -0.462 e. The van der Waals surface area contributed by atoms with Crippen LogP contribution in [0.25, 0.3) is 0 Å². The molecule has 0 atom stereocenters. The zero-order valence-corrected chi connectivity index (χ0v) is 22.7. The van der Waals surface area contributed by atoms with Crippen LogP contribution in [-0.2, 0) is 22.4 Å². The Hall–Kier alpha value is -1.40. The maximum Gasteiger partial charge on any atom is 0.341 e. The van der Waals surface area contributed by atoms with E-state index in [2.05, 4.69) is 19.2 Å². The molecule has 1 rings (SSSR count). The monoisotopic (exact) mass is 480 g/mol. The Morgan fingerprint density at radius 1 is 0.848 bits per heavy atom. The highest BCUT2D eigenvalue weighted by Crippen LogP contribution is 2.37. The highest BCUT2D eigenvalue weighted by atomic mass is 32.1. The number of esters is 1. The fraction of sp³-hybridized carbons (Fsp3) is 0.778. The van der Waals surface area contributed by atoms with Gasteiger partial charge in [0.15, 0.2) is 0 Å². The molecule has 0 saturated heterocycles. The average Bonchev–Trinajstić information content (AvgIpc) is 3.11. The van der Waals surface area contributed by atoms with E-state index < -0.39 is 0 Å². The van der Waals surface area contributed by atoms with Crippen molar-refractivity contribution in [2.24, 2.45) is 0 Å². The van der Waals surface area contributed by atoms with Crippen molar-refractivity contribution in [1.29, 1.82) is 0 Å². The first kappa shape index (κ1) is 29.6. The summed E-state index contributed by atoms with van der Waals surface area (Å²) >= 11 is 1.59. The topological polar surface area (TPSA) is 58.6 Å². The van der Waals surface area contributed by atoms with Crippen LogP contribution in [0.2, 0.25) is 0 Å². The normalized spacial score (nSPS) is 11.2. The van der Waals surface area contributed by atoms with E-state index in [4.69, 9.17) is 4.74 Å². The molecule has 5 nitrogen and oxygen atoms in total. The number of amides is 1. The fourth-order valence-electron chi connectivity index (χ4n) is 3.97. The molecule has 190 valence electrons. The number of thiophene rings is 1. The number of aryl methyl sites for hydroxylation is 1. The number of nitrogens with zero attached hydrogens (tertiary/aromatic N) is 1. The van der Waals surface area contributed by atoms with Gasteiger partial charge in [0.1, 0.15) is 5.00 Å². The summed E-state index contributed by atoms with van der Waals surface area (Å²) in [6.07, 6.45) is 15.7. The summed E-state index contributed by atoms with van der Waals surface area (Å²) in [5.41, 5.74) is 1.73. The molecule has 0 fully saturated rings. The molecule has 0 bridgehead atoms. The lowest BCUT2D eigenvalue weighted by atomic mass is 9.99. The molecule has 1 aromatic heterocycles. The summed E-state index contributed by atoms with van der Waals surface area (Å²) in [6, 6.07) is 0. The van der Waals surface area contributed by atoms with E-state index in [0.717, 1.165) is 31.2 Å². The number of ether oxygens (including phenoxy) is 1. The van der Waals surface area contributed by atoms with Crippen molar-refractivity contribution in [3.8, 4) is 0 Å². The van der Waals surface area contributed by atoms with Crippen LogP contribution in [0.3, 0.4) is 0 Å². The molecule has 1 N–H and O–H groups in total. The molecule has 0 radical (unpaired) electrons. The number of carbonyl (C=O) groups is 2. The zero-order valence-electron chi connectivity index (χ0n) is 21.9. The van der Waals surface area contributed by atoms with Gasteiger partial charge in [-0.2, -0.15) is 0 Å². The van der Waals surface area contributed by atoms with Gasteiger partial charge in [-0.15, -0.1) is 11.3 Å². The van der Waals surface area contributed by atoms with Crippen molar-refractivity contribution in [2.45, 2.75) is 111 Å². The Balaban J connectivity index is 3.04. The van der Waals surface area contributed by atoms with Crippen molar-refractivity contribution in [1.82, 2.24) is 4.90 Å². The molecule has 1 aromatic rings.